The van der Waals surface area contributed by atoms with Gasteiger partial charge in [0.05, 0.1) is 22.4 Å². The highest BCUT2D eigenvalue weighted by atomic mass is 32.1. The summed E-state index contributed by atoms with van der Waals surface area (Å²) < 4.78 is 5.01. The predicted molar refractivity (Wildman–Crippen MR) is 188 cm³/mol. The van der Waals surface area contributed by atoms with Crippen LogP contribution in [0, 0.1) is 0 Å². The van der Waals surface area contributed by atoms with Gasteiger partial charge in [-0.25, -0.2) is 4.98 Å². The number of hydrogen-bond acceptors (Lipinski definition) is 2. The Hall–Kier alpha value is -5.51. The van der Waals surface area contributed by atoms with Crippen molar-refractivity contribution in [3.05, 3.63) is 158 Å². The summed E-state index contributed by atoms with van der Waals surface area (Å²) in [5.74, 6) is 0. The number of rotatable bonds is 4. The monoisotopic (exact) mass is 578 g/mol. The maximum absolute atomic E-state index is 5.37. The Morgan fingerprint density at radius 3 is 1.93 bits per heavy atom. The molecule has 0 unspecified atom stereocenters. The predicted octanol–water partition coefficient (Wildman–Crippen LogP) is 11.5. The summed E-state index contributed by atoms with van der Waals surface area (Å²) in [6.45, 7) is 0. The first-order valence-corrected chi connectivity index (χ1v) is 15.7. The maximum atomic E-state index is 5.37. The molecule has 0 bridgehead atoms. The standard InChI is InChI=1S/C41H26N2S/c1-3-13-27(14-4-1)36-25-28(30-19-11-21-34-32-18-8-10-24-39(32)44-41(30)34)26-37(42-36)35-22-12-20-33-31-17-7-9-23-38(31)43(40(33)35)29-15-5-2-6-16-29/h1-26H. The van der Waals surface area contributed by atoms with Gasteiger partial charge < -0.3 is 4.57 Å². The Morgan fingerprint density at radius 2 is 1.09 bits per heavy atom. The molecule has 0 aliphatic rings. The zero-order valence-electron chi connectivity index (χ0n) is 23.8. The number of aromatic nitrogens is 2. The molecule has 0 amide bonds. The normalized spacial score (nSPS) is 11.6. The van der Waals surface area contributed by atoms with Crippen LogP contribution in [0.4, 0.5) is 0 Å². The molecule has 9 aromatic rings. The molecule has 6 aromatic carbocycles. The van der Waals surface area contributed by atoms with Gasteiger partial charge in [0.25, 0.3) is 0 Å². The van der Waals surface area contributed by atoms with Crippen LogP contribution in [0.5, 0.6) is 0 Å². The van der Waals surface area contributed by atoms with E-state index in [0.29, 0.717) is 0 Å². The van der Waals surface area contributed by atoms with Crippen molar-refractivity contribution in [1.29, 1.82) is 0 Å². The lowest BCUT2D eigenvalue weighted by Gasteiger charge is -2.14. The Labute approximate surface area is 259 Å². The van der Waals surface area contributed by atoms with Crippen molar-refractivity contribution < 1.29 is 0 Å². The van der Waals surface area contributed by atoms with E-state index in [4.69, 9.17) is 4.98 Å². The molecule has 206 valence electrons. The molecule has 0 fully saturated rings. The number of benzene rings is 6. The van der Waals surface area contributed by atoms with Gasteiger partial charge in [-0.05, 0) is 47.5 Å². The van der Waals surface area contributed by atoms with Crippen molar-refractivity contribution in [2.24, 2.45) is 0 Å². The van der Waals surface area contributed by atoms with Crippen molar-refractivity contribution >= 4 is 53.3 Å². The van der Waals surface area contributed by atoms with E-state index in [1.807, 2.05) is 11.3 Å². The third-order valence-electron chi connectivity index (χ3n) is 8.60. The van der Waals surface area contributed by atoms with E-state index in [-0.39, 0.29) is 0 Å². The molecule has 0 spiro atoms. The van der Waals surface area contributed by atoms with Gasteiger partial charge in [-0.2, -0.15) is 0 Å². The van der Waals surface area contributed by atoms with Crippen LogP contribution in [0.25, 0.3) is 81.3 Å². The zero-order chi connectivity index (χ0) is 29.0. The first kappa shape index (κ1) is 25.0. The van der Waals surface area contributed by atoms with Gasteiger partial charge in [0, 0.05) is 47.8 Å². The molecule has 0 saturated heterocycles. The first-order chi connectivity index (χ1) is 21.8. The molecule has 0 radical (unpaired) electrons. The van der Waals surface area contributed by atoms with Gasteiger partial charge in [0.2, 0.25) is 0 Å². The van der Waals surface area contributed by atoms with Crippen LogP contribution in [0.1, 0.15) is 0 Å². The third kappa shape index (κ3) is 3.90. The number of nitrogens with zero attached hydrogens (tertiary/aromatic N) is 2. The quantitative estimate of drug-likeness (QED) is 0.203. The van der Waals surface area contributed by atoms with Crippen LogP contribution in [0.3, 0.4) is 0 Å². The Bertz CT molecular complexity index is 2490. The van der Waals surface area contributed by atoms with Crippen molar-refractivity contribution in [2.75, 3.05) is 0 Å². The van der Waals surface area contributed by atoms with Crippen molar-refractivity contribution in [1.82, 2.24) is 9.55 Å². The summed E-state index contributed by atoms with van der Waals surface area (Å²) in [5.41, 5.74) is 10.1. The zero-order valence-corrected chi connectivity index (χ0v) is 24.6. The Balaban J connectivity index is 1.37. The first-order valence-electron chi connectivity index (χ1n) is 14.9. The number of pyridine rings is 1. The summed E-state index contributed by atoms with van der Waals surface area (Å²) in [5, 5.41) is 5.07. The van der Waals surface area contributed by atoms with Crippen molar-refractivity contribution in [3.8, 4) is 39.3 Å². The molecule has 0 atom stereocenters. The van der Waals surface area contributed by atoms with Crippen LogP contribution >= 0.6 is 11.3 Å². The van der Waals surface area contributed by atoms with Gasteiger partial charge >= 0.3 is 0 Å². The molecule has 3 heterocycles. The molecule has 9 rings (SSSR count). The molecular formula is C41H26N2S. The van der Waals surface area contributed by atoms with Crippen molar-refractivity contribution in [2.45, 2.75) is 0 Å². The summed E-state index contributed by atoms with van der Waals surface area (Å²) >= 11 is 1.87. The topological polar surface area (TPSA) is 17.8 Å². The van der Waals surface area contributed by atoms with E-state index < -0.39 is 0 Å². The van der Waals surface area contributed by atoms with E-state index in [2.05, 4.69) is 162 Å². The van der Waals surface area contributed by atoms with E-state index in [0.717, 1.165) is 28.2 Å². The summed E-state index contributed by atoms with van der Waals surface area (Å²) in [6.07, 6.45) is 0. The molecule has 3 heteroatoms. The highest BCUT2D eigenvalue weighted by Crippen LogP contribution is 2.43. The highest BCUT2D eigenvalue weighted by molar-refractivity contribution is 7.26. The lowest BCUT2D eigenvalue weighted by Crippen LogP contribution is -1.97. The number of para-hydroxylation sites is 3. The molecule has 0 aliphatic heterocycles. The lowest BCUT2D eigenvalue weighted by atomic mass is 9.97. The van der Waals surface area contributed by atoms with Gasteiger partial charge in [-0.1, -0.05) is 121 Å². The summed E-state index contributed by atoms with van der Waals surface area (Å²) in [4.78, 5) is 5.37. The Kier molecular flexibility index (Phi) is 5.71. The fraction of sp³-hybridized carbons (Fsp3) is 0. The molecule has 2 nitrogen and oxygen atoms in total. The second kappa shape index (κ2) is 10.0. The van der Waals surface area contributed by atoms with Crippen LogP contribution in [0.2, 0.25) is 0 Å². The SMILES string of the molecule is c1ccc(-c2cc(-c3cccc4c3sc3ccccc34)cc(-c3cccc4c5ccccc5n(-c5ccccc5)c34)n2)cc1. The lowest BCUT2D eigenvalue weighted by molar-refractivity contribution is 1.18. The number of thiophene rings is 1. The number of fused-ring (bicyclic) bond motifs is 6. The molecule has 0 saturated carbocycles. The fourth-order valence-corrected chi connectivity index (χ4v) is 7.86. The summed E-state index contributed by atoms with van der Waals surface area (Å²) in [7, 11) is 0. The summed E-state index contributed by atoms with van der Waals surface area (Å²) in [6, 6.07) is 56.5. The second-order valence-corrected chi connectivity index (χ2v) is 12.2. The van der Waals surface area contributed by atoms with E-state index in [1.54, 1.807) is 0 Å². The minimum Gasteiger partial charge on any atom is -0.309 e. The average molecular weight is 579 g/mol. The smallest absolute Gasteiger partial charge is 0.0737 e. The van der Waals surface area contributed by atoms with E-state index in [9.17, 15) is 0 Å². The molecule has 44 heavy (non-hydrogen) atoms. The van der Waals surface area contributed by atoms with Gasteiger partial charge in [0.15, 0.2) is 0 Å². The fourth-order valence-electron chi connectivity index (χ4n) is 6.63. The number of hydrogen-bond donors (Lipinski definition) is 0. The Morgan fingerprint density at radius 1 is 0.455 bits per heavy atom. The minimum atomic E-state index is 0.963. The van der Waals surface area contributed by atoms with Crippen LogP contribution in [-0.4, -0.2) is 9.55 Å². The van der Waals surface area contributed by atoms with Gasteiger partial charge in [0.1, 0.15) is 0 Å². The highest BCUT2D eigenvalue weighted by Gasteiger charge is 2.19. The van der Waals surface area contributed by atoms with Crippen LogP contribution < -0.4 is 0 Å². The van der Waals surface area contributed by atoms with E-state index >= 15 is 0 Å². The van der Waals surface area contributed by atoms with E-state index in [1.165, 1.54) is 53.1 Å². The van der Waals surface area contributed by atoms with Crippen LogP contribution in [-0.2, 0) is 0 Å². The average Bonchev–Trinajstić information content (AvgIpc) is 3.65. The van der Waals surface area contributed by atoms with Gasteiger partial charge in [-0.15, -0.1) is 11.3 Å². The van der Waals surface area contributed by atoms with Gasteiger partial charge in [-0.3, -0.25) is 0 Å². The second-order valence-electron chi connectivity index (χ2n) is 11.2. The molecule has 3 aromatic heterocycles. The van der Waals surface area contributed by atoms with Crippen molar-refractivity contribution in [3.63, 3.8) is 0 Å². The third-order valence-corrected chi connectivity index (χ3v) is 9.82. The molecule has 0 aliphatic carbocycles. The maximum Gasteiger partial charge on any atom is 0.0737 e. The largest absolute Gasteiger partial charge is 0.309 e. The minimum absolute atomic E-state index is 0.963. The molecular weight excluding hydrogens is 553 g/mol. The molecule has 0 N–H and O–H groups in total. The van der Waals surface area contributed by atoms with Crippen LogP contribution in [0.15, 0.2) is 158 Å².